The number of benzene rings is 2. The largest absolute Gasteiger partial charge is 0.329 e. The van der Waals surface area contributed by atoms with E-state index in [-0.39, 0.29) is 18.0 Å². The van der Waals surface area contributed by atoms with Crippen LogP contribution in [-0.4, -0.2) is 15.0 Å². The third-order valence-electron chi connectivity index (χ3n) is 5.18. The van der Waals surface area contributed by atoms with E-state index in [0.717, 1.165) is 23.1 Å². The van der Waals surface area contributed by atoms with E-state index in [9.17, 15) is 9.59 Å². The third-order valence-corrected chi connectivity index (χ3v) is 5.18. The van der Waals surface area contributed by atoms with Crippen molar-refractivity contribution in [2.24, 2.45) is 0 Å². The monoisotopic (exact) mass is 365 g/mol. The van der Waals surface area contributed by atoms with Gasteiger partial charge >= 0.3 is 5.69 Å². The summed E-state index contributed by atoms with van der Waals surface area (Å²) < 4.78 is 3.42. The zero-order valence-corrected chi connectivity index (χ0v) is 16.2. The molecule has 5 nitrogen and oxygen atoms in total. The third kappa shape index (κ3) is 3.97. The molecule has 0 aliphatic rings. The van der Waals surface area contributed by atoms with Gasteiger partial charge in [0.1, 0.15) is 0 Å². The van der Waals surface area contributed by atoms with Gasteiger partial charge < -0.3 is 5.32 Å². The lowest BCUT2D eigenvalue weighted by atomic mass is 9.99. The molecular formula is C22H27N3O2. The Balaban J connectivity index is 1.69. The Morgan fingerprint density at radius 2 is 1.63 bits per heavy atom. The van der Waals surface area contributed by atoms with Crippen LogP contribution in [0.15, 0.2) is 53.3 Å². The summed E-state index contributed by atoms with van der Waals surface area (Å²) in [6.45, 7) is 7.29. The number of aryl methyl sites for hydroxylation is 2. The van der Waals surface area contributed by atoms with Gasteiger partial charge in [0.2, 0.25) is 5.91 Å². The van der Waals surface area contributed by atoms with E-state index < -0.39 is 0 Å². The first kappa shape index (κ1) is 19.0. The number of amides is 1. The first-order chi connectivity index (χ1) is 13.0. The zero-order chi connectivity index (χ0) is 19.4. The van der Waals surface area contributed by atoms with Gasteiger partial charge in [0.25, 0.3) is 0 Å². The summed E-state index contributed by atoms with van der Waals surface area (Å²) in [6, 6.07) is 15.7. The molecule has 0 aliphatic carbocycles. The number of nitrogens with one attached hydrogen (secondary N) is 1. The van der Waals surface area contributed by atoms with Crippen molar-refractivity contribution in [3.05, 3.63) is 64.6 Å². The van der Waals surface area contributed by atoms with Crippen LogP contribution in [0.2, 0.25) is 0 Å². The van der Waals surface area contributed by atoms with E-state index in [1.54, 1.807) is 9.13 Å². The van der Waals surface area contributed by atoms with Gasteiger partial charge in [0.15, 0.2) is 0 Å². The lowest BCUT2D eigenvalue weighted by molar-refractivity contribution is -0.116. The fourth-order valence-electron chi connectivity index (χ4n) is 3.36. The molecule has 1 N–H and O–H groups in total. The Morgan fingerprint density at radius 1 is 1.00 bits per heavy atom. The maximum Gasteiger partial charge on any atom is 0.329 e. The number of para-hydroxylation sites is 2. The van der Waals surface area contributed by atoms with Gasteiger partial charge in [-0.1, -0.05) is 38.1 Å². The lowest BCUT2D eigenvalue weighted by Crippen LogP contribution is -2.25. The van der Waals surface area contributed by atoms with E-state index in [0.29, 0.717) is 19.0 Å². The first-order valence-electron chi connectivity index (χ1n) is 9.63. The Morgan fingerprint density at radius 3 is 2.22 bits per heavy atom. The van der Waals surface area contributed by atoms with Crippen LogP contribution in [0.1, 0.15) is 45.1 Å². The highest BCUT2D eigenvalue weighted by Gasteiger charge is 2.13. The van der Waals surface area contributed by atoms with Crippen molar-refractivity contribution in [3.8, 4) is 0 Å². The number of hydrogen-bond acceptors (Lipinski definition) is 2. The predicted octanol–water partition coefficient (Wildman–Crippen LogP) is 4.37. The van der Waals surface area contributed by atoms with Crippen molar-refractivity contribution in [3.63, 3.8) is 0 Å². The summed E-state index contributed by atoms with van der Waals surface area (Å²) in [7, 11) is 0. The molecule has 1 aromatic heterocycles. The fraction of sp³-hybridized carbons (Fsp3) is 0.364. The van der Waals surface area contributed by atoms with Crippen LogP contribution in [0, 0.1) is 0 Å². The van der Waals surface area contributed by atoms with Gasteiger partial charge in [-0.05, 0) is 49.1 Å². The smallest absolute Gasteiger partial charge is 0.326 e. The minimum Gasteiger partial charge on any atom is -0.326 e. The van der Waals surface area contributed by atoms with Crippen LogP contribution in [0.25, 0.3) is 11.0 Å². The van der Waals surface area contributed by atoms with Crippen molar-refractivity contribution < 1.29 is 4.79 Å². The average Bonchev–Trinajstić information content (AvgIpc) is 2.97. The van der Waals surface area contributed by atoms with Crippen molar-refractivity contribution in [2.45, 2.75) is 52.6 Å². The molecule has 5 heteroatoms. The summed E-state index contributed by atoms with van der Waals surface area (Å²) in [4.78, 5) is 25.0. The number of imidazole rings is 1. The molecule has 0 bridgehead atoms. The molecule has 0 saturated heterocycles. The number of aromatic nitrogens is 2. The van der Waals surface area contributed by atoms with Crippen molar-refractivity contribution in [2.75, 3.05) is 5.32 Å². The zero-order valence-electron chi connectivity index (χ0n) is 16.2. The van der Waals surface area contributed by atoms with E-state index in [1.165, 1.54) is 5.56 Å². The standard InChI is InChI=1S/C22H27N3O2/c1-4-16(3)17-10-12-18(13-11-17)23-21(26)14-15-25-20-9-7-6-8-19(20)24(5-2)22(25)27/h6-13,16H,4-5,14-15H2,1-3H3,(H,23,26). The quantitative estimate of drug-likeness (QED) is 0.676. The van der Waals surface area contributed by atoms with Crippen LogP contribution in [0.4, 0.5) is 5.69 Å². The summed E-state index contributed by atoms with van der Waals surface area (Å²) >= 11 is 0. The molecule has 0 radical (unpaired) electrons. The Labute approximate surface area is 159 Å². The van der Waals surface area contributed by atoms with Crippen LogP contribution in [-0.2, 0) is 17.9 Å². The number of hydrogen-bond donors (Lipinski definition) is 1. The molecule has 2 aromatic carbocycles. The van der Waals surface area contributed by atoms with Crippen LogP contribution < -0.4 is 11.0 Å². The summed E-state index contributed by atoms with van der Waals surface area (Å²) in [6.07, 6.45) is 1.34. The number of nitrogens with zero attached hydrogens (tertiary/aromatic N) is 2. The second-order valence-electron chi connectivity index (χ2n) is 6.90. The molecule has 1 unspecified atom stereocenters. The second-order valence-corrected chi connectivity index (χ2v) is 6.90. The minimum absolute atomic E-state index is 0.0654. The van der Waals surface area contributed by atoms with Crippen molar-refractivity contribution in [1.29, 1.82) is 0 Å². The number of carbonyl (C=O) groups is 1. The SMILES string of the molecule is CCC(C)c1ccc(NC(=O)CCn2c(=O)n(CC)c3ccccc32)cc1. The lowest BCUT2D eigenvalue weighted by Gasteiger charge is -2.10. The summed E-state index contributed by atoms with van der Waals surface area (Å²) in [5.41, 5.74) is 3.77. The Hall–Kier alpha value is -2.82. The highest BCUT2D eigenvalue weighted by atomic mass is 16.2. The number of carbonyl (C=O) groups excluding carboxylic acids is 1. The van der Waals surface area contributed by atoms with E-state index >= 15 is 0 Å². The van der Waals surface area contributed by atoms with Gasteiger partial charge in [0, 0.05) is 25.2 Å². The van der Waals surface area contributed by atoms with Crippen LogP contribution in [0.5, 0.6) is 0 Å². The van der Waals surface area contributed by atoms with Gasteiger partial charge in [-0.15, -0.1) is 0 Å². The molecule has 3 rings (SSSR count). The number of rotatable bonds is 7. The molecule has 0 fully saturated rings. The molecule has 27 heavy (non-hydrogen) atoms. The topological polar surface area (TPSA) is 56.0 Å². The summed E-state index contributed by atoms with van der Waals surface area (Å²) in [5, 5.41) is 2.92. The predicted molar refractivity (Wildman–Crippen MR) is 110 cm³/mol. The Kier molecular flexibility index (Phi) is 5.79. The molecule has 0 spiro atoms. The second kappa shape index (κ2) is 8.25. The molecular weight excluding hydrogens is 338 g/mol. The van der Waals surface area contributed by atoms with Gasteiger partial charge in [-0.2, -0.15) is 0 Å². The molecule has 142 valence electrons. The number of fused-ring (bicyclic) bond motifs is 1. The highest BCUT2D eigenvalue weighted by molar-refractivity contribution is 5.90. The highest BCUT2D eigenvalue weighted by Crippen LogP contribution is 2.20. The first-order valence-corrected chi connectivity index (χ1v) is 9.63. The van der Waals surface area contributed by atoms with Crippen LogP contribution >= 0.6 is 0 Å². The van der Waals surface area contributed by atoms with Gasteiger partial charge in [0.05, 0.1) is 11.0 Å². The molecule has 1 amide bonds. The average molecular weight is 365 g/mol. The fourth-order valence-corrected chi connectivity index (χ4v) is 3.36. The van der Waals surface area contributed by atoms with Crippen molar-refractivity contribution in [1.82, 2.24) is 9.13 Å². The molecule has 0 aliphatic heterocycles. The maximum atomic E-state index is 12.6. The normalized spacial score (nSPS) is 12.3. The van der Waals surface area contributed by atoms with Crippen molar-refractivity contribution >= 4 is 22.6 Å². The van der Waals surface area contributed by atoms with E-state index in [1.807, 2.05) is 43.3 Å². The molecule has 1 atom stereocenters. The van der Waals surface area contributed by atoms with Gasteiger partial charge in [-0.3, -0.25) is 13.9 Å². The van der Waals surface area contributed by atoms with E-state index in [2.05, 4.69) is 31.3 Å². The van der Waals surface area contributed by atoms with E-state index in [4.69, 9.17) is 0 Å². The molecule has 1 heterocycles. The minimum atomic E-state index is -0.0912. The molecule has 3 aromatic rings. The van der Waals surface area contributed by atoms with Crippen LogP contribution in [0.3, 0.4) is 0 Å². The number of anilines is 1. The van der Waals surface area contributed by atoms with Gasteiger partial charge in [-0.25, -0.2) is 4.79 Å². The Bertz CT molecular complexity index is 983. The summed E-state index contributed by atoms with van der Waals surface area (Å²) in [5.74, 6) is 0.420. The molecule has 0 saturated carbocycles. The maximum absolute atomic E-state index is 12.6.